The van der Waals surface area contributed by atoms with Crippen LogP contribution in [0.25, 0.3) is 11.2 Å². The highest BCUT2D eigenvalue weighted by molar-refractivity contribution is 7.69. The van der Waals surface area contributed by atoms with Crippen LogP contribution in [0, 0.1) is 0 Å². The van der Waals surface area contributed by atoms with Crippen molar-refractivity contribution in [2.24, 2.45) is 5.73 Å². The Bertz CT molecular complexity index is 1450. The highest BCUT2D eigenvalue weighted by atomic mass is 31.3. The minimum Gasteiger partial charge on any atom is -0.369 e. The van der Waals surface area contributed by atoms with Gasteiger partial charge >= 0.3 is 31.3 Å². The average molecular weight is 670 g/mol. The molecule has 41 heavy (non-hydrogen) atoms. The van der Waals surface area contributed by atoms with E-state index < -0.39 is 55.8 Å². The van der Waals surface area contributed by atoms with Crippen LogP contribution >= 0.6 is 31.3 Å². The van der Waals surface area contributed by atoms with E-state index in [1.807, 2.05) is 0 Å². The number of aromatic nitrogens is 4. The van der Waals surface area contributed by atoms with E-state index in [9.17, 15) is 42.6 Å². The third-order valence-corrected chi connectivity index (χ3v) is 11.2. The molecule has 0 spiro atoms. The summed E-state index contributed by atoms with van der Waals surface area (Å²) in [7, 11) is -22.4. The molecule has 0 radical (unpaired) electrons. The van der Waals surface area contributed by atoms with Crippen molar-refractivity contribution in [2.45, 2.75) is 50.9 Å². The molecule has 2 aromatic rings. The van der Waals surface area contributed by atoms with E-state index in [1.165, 1.54) is 10.9 Å². The zero-order valence-corrected chi connectivity index (χ0v) is 24.7. The van der Waals surface area contributed by atoms with Crippen LogP contribution in [0.5, 0.6) is 0 Å². The molecule has 6 atom stereocenters. The lowest BCUT2D eigenvalue weighted by Crippen LogP contribution is -2.17. The van der Waals surface area contributed by atoms with Gasteiger partial charge < -0.3 is 35.8 Å². The predicted molar refractivity (Wildman–Crippen MR) is 138 cm³/mol. The second kappa shape index (κ2) is 13.9. The Labute approximate surface area is 231 Å². The molecule has 0 saturated carbocycles. The van der Waals surface area contributed by atoms with Gasteiger partial charge in [0, 0.05) is 0 Å². The number of hydrogen-bond acceptors (Lipinski definition) is 15. The topological polar surface area (TPSA) is 320 Å². The maximum absolute atomic E-state index is 12.2. The summed E-state index contributed by atoms with van der Waals surface area (Å²) in [5.41, 5.74) is 10.5. The van der Waals surface area contributed by atoms with Crippen LogP contribution in [0.3, 0.4) is 0 Å². The Morgan fingerprint density at radius 1 is 0.951 bits per heavy atom. The lowest BCUT2D eigenvalue weighted by atomic mass is 10.2. The van der Waals surface area contributed by atoms with Crippen LogP contribution in [0.2, 0.25) is 0 Å². The number of fused-ring (bicyclic) bond motifs is 1. The third kappa shape index (κ3) is 10.7. The SMILES string of the molecule is NCCCCCCOP(=O)(O)OP(=O)(O)OP(=O)(O)OP(=O)(O)OC[C@@H]1CC[C@H](n2cnc3c(=O)[nH]c(N)nc32)O1. The summed E-state index contributed by atoms with van der Waals surface area (Å²) in [5, 5.41) is 0. The monoisotopic (exact) mass is 670 g/mol. The minimum atomic E-state index is -5.90. The lowest BCUT2D eigenvalue weighted by molar-refractivity contribution is -0.0205. The fraction of sp³-hybridized carbons (Fsp3) is 0.688. The van der Waals surface area contributed by atoms with Crippen molar-refractivity contribution in [3.05, 3.63) is 16.7 Å². The molecule has 21 nitrogen and oxygen atoms in total. The van der Waals surface area contributed by atoms with Crippen LogP contribution < -0.4 is 17.0 Å². The van der Waals surface area contributed by atoms with E-state index in [-0.39, 0.29) is 36.6 Å². The number of imidazole rings is 1. The number of aromatic amines is 1. The van der Waals surface area contributed by atoms with Crippen LogP contribution in [0.1, 0.15) is 44.8 Å². The molecule has 234 valence electrons. The van der Waals surface area contributed by atoms with Crippen molar-refractivity contribution in [2.75, 3.05) is 25.5 Å². The number of nitrogens with zero attached hydrogens (tertiary/aromatic N) is 3. The minimum absolute atomic E-state index is 0.00190. The first-order chi connectivity index (χ1) is 19.0. The molecule has 0 aliphatic carbocycles. The number of anilines is 1. The van der Waals surface area contributed by atoms with Crippen LogP contribution in [0.4, 0.5) is 5.95 Å². The van der Waals surface area contributed by atoms with Gasteiger partial charge in [0.1, 0.15) is 6.23 Å². The maximum Gasteiger partial charge on any atom is 0.490 e. The summed E-state index contributed by atoms with van der Waals surface area (Å²) < 4.78 is 75.9. The zero-order valence-electron chi connectivity index (χ0n) is 21.2. The largest absolute Gasteiger partial charge is 0.490 e. The number of ether oxygens (including phenoxy) is 1. The van der Waals surface area contributed by atoms with Gasteiger partial charge in [0.2, 0.25) is 5.95 Å². The smallest absolute Gasteiger partial charge is 0.369 e. The molecule has 1 aliphatic heterocycles. The number of unbranched alkanes of at least 4 members (excludes halogenated alkanes) is 3. The third-order valence-electron chi connectivity index (χ3n) is 5.24. The zero-order chi connectivity index (χ0) is 30.5. The molecule has 0 aromatic carbocycles. The van der Waals surface area contributed by atoms with Gasteiger partial charge in [-0.05, 0) is 32.2 Å². The number of rotatable bonds is 17. The second-order valence-electron chi connectivity index (χ2n) is 8.52. The van der Waals surface area contributed by atoms with Gasteiger partial charge in [-0.2, -0.15) is 17.9 Å². The number of nitrogen functional groups attached to an aromatic ring is 1. The Balaban J connectivity index is 1.49. The normalized spacial score (nSPS) is 23.5. The standard InChI is InChI=1S/C16H30N6O15P4/c17-7-3-1-2-4-8-32-38(24,25)35-40(28,29)37-41(30,31)36-39(26,27)33-9-11-5-6-12(34-11)22-10-19-13-14(22)20-16(18)21-15(13)23/h10-12H,1-9,17H2,(H,24,25)(H,26,27)(H,28,29)(H,30,31)(H3,18,20,21,23)/t11-,12+/m0/s1. The number of H-pyrrole nitrogens is 1. The summed E-state index contributed by atoms with van der Waals surface area (Å²) in [6, 6.07) is 0. The van der Waals surface area contributed by atoms with Crippen molar-refractivity contribution in [3.63, 3.8) is 0 Å². The molecule has 3 heterocycles. The van der Waals surface area contributed by atoms with E-state index in [2.05, 4.69) is 36.9 Å². The van der Waals surface area contributed by atoms with Gasteiger partial charge in [0.15, 0.2) is 11.2 Å². The Kier molecular flexibility index (Phi) is 11.6. The molecule has 9 N–H and O–H groups in total. The molecule has 4 unspecified atom stereocenters. The summed E-state index contributed by atoms with van der Waals surface area (Å²) in [5.74, 6) is -0.155. The van der Waals surface area contributed by atoms with Crippen LogP contribution in [-0.4, -0.2) is 65.0 Å². The summed E-state index contributed by atoms with van der Waals surface area (Å²) >= 11 is 0. The molecule has 1 saturated heterocycles. The molecule has 0 amide bonds. The van der Waals surface area contributed by atoms with Crippen LogP contribution in [-0.2, 0) is 45.0 Å². The number of phosphoric acid groups is 4. The Morgan fingerprint density at radius 2 is 1.56 bits per heavy atom. The fourth-order valence-corrected chi connectivity index (χ4v) is 8.59. The molecular formula is C16H30N6O15P4. The quantitative estimate of drug-likeness (QED) is 0.0923. The number of phosphoric ester groups is 2. The highest BCUT2D eigenvalue weighted by Gasteiger charge is 2.46. The first kappa shape index (κ1) is 34.1. The second-order valence-corrected chi connectivity index (χ2v) is 14.7. The molecule has 1 aliphatic rings. The summed E-state index contributed by atoms with van der Waals surface area (Å²) in [6.07, 6.45) is 2.51. The Hall–Kier alpha value is -1.37. The molecule has 3 rings (SSSR count). The first-order valence-electron chi connectivity index (χ1n) is 11.8. The van der Waals surface area contributed by atoms with E-state index in [0.29, 0.717) is 32.2 Å². The van der Waals surface area contributed by atoms with Crippen molar-refractivity contribution in [1.82, 2.24) is 19.5 Å². The van der Waals surface area contributed by atoms with Gasteiger partial charge in [-0.3, -0.25) is 23.4 Å². The van der Waals surface area contributed by atoms with Gasteiger partial charge in [-0.25, -0.2) is 23.2 Å². The number of nitrogens with two attached hydrogens (primary N) is 2. The molecule has 0 bridgehead atoms. The fourth-order valence-electron chi connectivity index (χ4n) is 3.59. The van der Waals surface area contributed by atoms with Crippen molar-refractivity contribution in [3.8, 4) is 0 Å². The molecule has 2 aromatic heterocycles. The first-order valence-corrected chi connectivity index (χ1v) is 17.8. The van der Waals surface area contributed by atoms with E-state index in [4.69, 9.17) is 16.2 Å². The lowest BCUT2D eigenvalue weighted by Gasteiger charge is -2.20. The molecule has 1 fully saturated rings. The number of nitrogens with one attached hydrogen (secondary N) is 1. The Morgan fingerprint density at radius 3 is 2.22 bits per heavy atom. The highest BCUT2D eigenvalue weighted by Crippen LogP contribution is 2.71. The summed E-state index contributed by atoms with van der Waals surface area (Å²) in [4.78, 5) is 60.8. The maximum atomic E-state index is 12.2. The van der Waals surface area contributed by atoms with Crippen molar-refractivity contribution >= 4 is 48.4 Å². The van der Waals surface area contributed by atoms with E-state index in [0.717, 1.165) is 0 Å². The average Bonchev–Trinajstić information content (AvgIpc) is 3.44. The predicted octanol–water partition coefficient (Wildman–Crippen LogP) is 1.38. The van der Waals surface area contributed by atoms with Crippen LogP contribution in [0.15, 0.2) is 11.1 Å². The molecular weight excluding hydrogens is 640 g/mol. The number of hydrogen-bond donors (Lipinski definition) is 7. The summed E-state index contributed by atoms with van der Waals surface area (Å²) in [6.45, 7) is -0.569. The van der Waals surface area contributed by atoms with Crippen molar-refractivity contribution < 1.29 is 64.6 Å². The molecule has 25 heteroatoms. The van der Waals surface area contributed by atoms with Gasteiger partial charge in [-0.1, -0.05) is 12.8 Å². The van der Waals surface area contributed by atoms with E-state index >= 15 is 0 Å². The van der Waals surface area contributed by atoms with Crippen molar-refractivity contribution in [1.29, 1.82) is 0 Å². The van der Waals surface area contributed by atoms with Gasteiger partial charge in [-0.15, -0.1) is 0 Å². The van der Waals surface area contributed by atoms with Gasteiger partial charge in [0.25, 0.3) is 5.56 Å². The van der Waals surface area contributed by atoms with E-state index in [1.54, 1.807) is 0 Å². The van der Waals surface area contributed by atoms with Gasteiger partial charge in [0.05, 0.1) is 25.6 Å².